The molecule has 4 heteroatoms. The van der Waals surface area contributed by atoms with Gasteiger partial charge in [0.1, 0.15) is 11.6 Å². The highest BCUT2D eigenvalue weighted by Gasteiger charge is 2.13. The Balaban J connectivity index is 2.03. The lowest BCUT2D eigenvalue weighted by atomic mass is 10.1. The predicted molar refractivity (Wildman–Crippen MR) is 65.8 cm³/mol. The van der Waals surface area contributed by atoms with Crippen LogP contribution in [0.25, 0.3) is 6.08 Å². The van der Waals surface area contributed by atoms with E-state index in [1.165, 1.54) is 24.3 Å². The molecule has 1 aliphatic heterocycles. The van der Waals surface area contributed by atoms with Crippen molar-refractivity contribution in [2.24, 2.45) is 0 Å². The molecule has 2 nitrogen and oxygen atoms in total. The summed E-state index contributed by atoms with van der Waals surface area (Å²) in [6, 6.07) is 3.20. The third kappa shape index (κ3) is 3.39. The van der Waals surface area contributed by atoms with E-state index in [1.54, 1.807) is 4.90 Å². The maximum atomic E-state index is 12.9. The first-order valence-corrected chi connectivity index (χ1v) is 6.08. The van der Waals surface area contributed by atoms with Gasteiger partial charge < -0.3 is 4.90 Å². The number of carbonyl (C=O) groups excluding carboxylic acids is 1. The zero-order valence-corrected chi connectivity index (χ0v) is 10.0. The number of nitrogens with zero attached hydrogens (tertiary/aromatic N) is 1. The second kappa shape index (κ2) is 5.76. The Bertz CT molecular complexity index is 445. The minimum Gasteiger partial charge on any atom is -0.339 e. The van der Waals surface area contributed by atoms with Crippen LogP contribution in [-0.2, 0) is 4.79 Å². The molecule has 0 aromatic heterocycles. The van der Waals surface area contributed by atoms with Crippen LogP contribution in [0, 0.1) is 11.6 Å². The Kier molecular flexibility index (Phi) is 4.07. The highest BCUT2D eigenvalue weighted by atomic mass is 19.1. The quantitative estimate of drug-likeness (QED) is 0.740. The van der Waals surface area contributed by atoms with Crippen molar-refractivity contribution in [3.05, 3.63) is 41.5 Å². The maximum absolute atomic E-state index is 12.9. The van der Waals surface area contributed by atoms with Gasteiger partial charge in [0.15, 0.2) is 0 Å². The average Bonchev–Trinajstić information content (AvgIpc) is 2.36. The summed E-state index contributed by atoms with van der Waals surface area (Å²) in [6.45, 7) is 1.53. The Hall–Kier alpha value is -1.71. The summed E-state index contributed by atoms with van der Waals surface area (Å²) in [4.78, 5) is 13.6. The van der Waals surface area contributed by atoms with E-state index in [4.69, 9.17) is 0 Å². The Labute approximate surface area is 105 Å². The van der Waals surface area contributed by atoms with Crippen molar-refractivity contribution in [1.29, 1.82) is 0 Å². The zero-order chi connectivity index (χ0) is 13.0. The minimum atomic E-state index is -0.639. The molecule has 0 spiro atoms. The summed E-state index contributed by atoms with van der Waals surface area (Å²) in [5, 5.41) is 0. The number of benzene rings is 1. The molecule has 1 saturated heterocycles. The van der Waals surface area contributed by atoms with E-state index in [-0.39, 0.29) is 5.91 Å². The molecule has 1 aromatic rings. The Morgan fingerprint density at radius 3 is 2.28 bits per heavy atom. The van der Waals surface area contributed by atoms with Crippen LogP contribution in [0.15, 0.2) is 24.3 Å². The van der Waals surface area contributed by atoms with Crippen LogP contribution >= 0.6 is 0 Å². The number of hydrogen-bond acceptors (Lipinski definition) is 1. The Morgan fingerprint density at radius 2 is 1.67 bits per heavy atom. The smallest absolute Gasteiger partial charge is 0.246 e. The summed E-state index contributed by atoms with van der Waals surface area (Å²) in [5.41, 5.74) is 0.359. The van der Waals surface area contributed by atoms with Crippen LogP contribution in [-0.4, -0.2) is 23.9 Å². The standard InChI is InChI=1S/C14H15F2NO/c15-12-8-11(9-13(16)10-12)4-5-14(18)17-6-2-1-3-7-17/h4-5,8-10H,1-3,6-7H2/b5-4+. The van der Waals surface area contributed by atoms with Crippen molar-refractivity contribution in [3.8, 4) is 0 Å². The summed E-state index contributed by atoms with van der Waals surface area (Å²) < 4.78 is 25.9. The molecule has 2 rings (SSSR count). The van der Waals surface area contributed by atoms with Crippen LogP contribution in [0.3, 0.4) is 0 Å². The van der Waals surface area contributed by atoms with Gasteiger partial charge in [-0.3, -0.25) is 4.79 Å². The van der Waals surface area contributed by atoms with Gasteiger partial charge in [-0.1, -0.05) is 0 Å². The van der Waals surface area contributed by atoms with Gasteiger partial charge in [-0.2, -0.15) is 0 Å². The zero-order valence-electron chi connectivity index (χ0n) is 10.0. The molecule has 1 aliphatic rings. The fourth-order valence-corrected chi connectivity index (χ4v) is 2.06. The summed E-state index contributed by atoms with van der Waals surface area (Å²) in [6.07, 6.45) is 6.02. The van der Waals surface area contributed by atoms with Gasteiger partial charge in [-0.25, -0.2) is 8.78 Å². The molecule has 0 bridgehead atoms. The number of amides is 1. The first-order valence-electron chi connectivity index (χ1n) is 6.08. The number of hydrogen-bond donors (Lipinski definition) is 0. The monoisotopic (exact) mass is 251 g/mol. The molecule has 1 heterocycles. The molecular weight excluding hydrogens is 236 g/mol. The van der Waals surface area contributed by atoms with E-state index < -0.39 is 11.6 Å². The van der Waals surface area contributed by atoms with Gasteiger partial charge >= 0.3 is 0 Å². The average molecular weight is 251 g/mol. The fraction of sp³-hybridized carbons (Fsp3) is 0.357. The third-order valence-corrected chi connectivity index (χ3v) is 2.97. The summed E-state index contributed by atoms with van der Waals surface area (Å²) >= 11 is 0. The van der Waals surface area contributed by atoms with Gasteiger partial charge in [-0.15, -0.1) is 0 Å². The van der Waals surface area contributed by atoms with Crippen molar-refractivity contribution in [1.82, 2.24) is 4.90 Å². The lowest BCUT2D eigenvalue weighted by Crippen LogP contribution is -2.34. The second-order valence-electron chi connectivity index (χ2n) is 4.42. The lowest BCUT2D eigenvalue weighted by Gasteiger charge is -2.25. The number of likely N-dealkylation sites (tertiary alicyclic amines) is 1. The SMILES string of the molecule is O=C(/C=C/c1cc(F)cc(F)c1)N1CCCCC1. The predicted octanol–water partition coefficient (Wildman–Crippen LogP) is 2.99. The molecule has 1 amide bonds. The van der Waals surface area contributed by atoms with Crippen molar-refractivity contribution in [2.45, 2.75) is 19.3 Å². The first kappa shape index (κ1) is 12.7. The van der Waals surface area contributed by atoms with Crippen LogP contribution in [0.1, 0.15) is 24.8 Å². The highest BCUT2D eigenvalue weighted by Crippen LogP contribution is 2.12. The molecule has 18 heavy (non-hydrogen) atoms. The molecule has 0 atom stereocenters. The van der Waals surface area contributed by atoms with E-state index in [2.05, 4.69) is 0 Å². The van der Waals surface area contributed by atoms with E-state index in [1.807, 2.05) is 0 Å². The van der Waals surface area contributed by atoms with Crippen LogP contribution in [0.5, 0.6) is 0 Å². The van der Waals surface area contributed by atoms with Gasteiger partial charge in [0.2, 0.25) is 5.91 Å². The van der Waals surface area contributed by atoms with Crippen LogP contribution in [0.2, 0.25) is 0 Å². The van der Waals surface area contributed by atoms with E-state index in [0.29, 0.717) is 5.56 Å². The number of carbonyl (C=O) groups is 1. The van der Waals surface area contributed by atoms with Crippen molar-refractivity contribution >= 4 is 12.0 Å². The normalized spacial score (nSPS) is 16.2. The number of rotatable bonds is 2. The van der Waals surface area contributed by atoms with Crippen LogP contribution in [0.4, 0.5) is 8.78 Å². The molecule has 96 valence electrons. The van der Waals surface area contributed by atoms with Crippen molar-refractivity contribution in [3.63, 3.8) is 0 Å². The molecule has 0 unspecified atom stereocenters. The van der Waals surface area contributed by atoms with Crippen molar-refractivity contribution in [2.75, 3.05) is 13.1 Å². The van der Waals surface area contributed by atoms with E-state index >= 15 is 0 Å². The second-order valence-corrected chi connectivity index (χ2v) is 4.42. The molecule has 0 radical (unpaired) electrons. The number of halogens is 2. The topological polar surface area (TPSA) is 20.3 Å². The van der Waals surface area contributed by atoms with E-state index in [9.17, 15) is 13.6 Å². The summed E-state index contributed by atoms with van der Waals surface area (Å²) in [7, 11) is 0. The maximum Gasteiger partial charge on any atom is 0.246 e. The largest absolute Gasteiger partial charge is 0.339 e. The first-order chi connectivity index (χ1) is 8.65. The summed E-state index contributed by atoms with van der Waals surface area (Å²) in [5.74, 6) is -1.38. The van der Waals surface area contributed by atoms with E-state index in [0.717, 1.165) is 38.4 Å². The highest BCUT2D eigenvalue weighted by molar-refractivity contribution is 5.91. The van der Waals surface area contributed by atoms with Gasteiger partial charge in [0, 0.05) is 25.2 Å². The van der Waals surface area contributed by atoms with Crippen LogP contribution < -0.4 is 0 Å². The number of piperidine rings is 1. The van der Waals surface area contributed by atoms with Gasteiger partial charge in [0.25, 0.3) is 0 Å². The molecular formula is C14H15F2NO. The molecule has 0 saturated carbocycles. The Morgan fingerprint density at radius 1 is 1.06 bits per heavy atom. The molecule has 1 fully saturated rings. The molecule has 1 aromatic carbocycles. The lowest BCUT2D eigenvalue weighted by molar-refractivity contribution is -0.126. The molecule has 0 N–H and O–H groups in total. The fourth-order valence-electron chi connectivity index (χ4n) is 2.06. The van der Waals surface area contributed by atoms with Crippen molar-refractivity contribution < 1.29 is 13.6 Å². The third-order valence-electron chi connectivity index (χ3n) is 2.97. The molecule has 0 aliphatic carbocycles. The van der Waals surface area contributed by atoms with Gasteiger partial charge in [0.05, 0.1) is 0 Å². The minimum absolute atomic E-state index is 0.0978. The van der Waals surface area contributed by atoms with Gasteiger partial charge in [-0.05, 0) is 43.0 Å².